The normalized spacial score (nSPS) is 12.9. The molecule has 0 saturated carbocycles. The van der Waals surface area contributed by atoms with E-state index in [9.17, 15) is 9.90 Å². The summed E-state index contributed by atoms with van der Waals surface area (Å²) in [5.41, 5.74) is 0. The van der Waals surface area contributed by atoms with Crippen molar-refractivity contribution in [2.45, 2.75) is 43.9 Å². The van der Waals surface area contributed by atoms with E-state index in [0.29, 0.717) is 6.42 Å². The van der Waals surface area contributed by atoms with Gasteiger partial charge in [-0.1, -0.05) is 48.5 Å². The first-order valence-electron chi connectivity index (χ1n) is 4.03. The van der Waals surface area contributed by atoms with E-state index in [4.69, 9.17) is 0 Å². The van der Waals surface area contributed by atoms with E-state index in [1.54, 1.807) is 0 Å². The third kappa shape index (κ3) is 6.35. The Bertz CT molecular complexity index is 115. The fourth-order valence-corrected chi connectivity index (χ4v) is 1.19. The van der Waals surface area contributed by atoms with Crippen LogP contribution in [0, 0.1) is 0 Å². The molecule has 66 valence electrons. The van der Waals surface area contributed by atoms with Gasteiger partial charge in [0.15, 0.2) is 0 Å². The number of carbonyl (C=O) groups is 1. The largest absolute Gasteiger partial charge is 0.549 e. The Morgan fingerprint density at radius 3 is 2.55 bits per heavy atom. The number of alkyl halides is 1. The van der Waals surface area contributed by atoms with Gasteiger partial charge in [0.05, 0.1) is 10.8 Å². The lowest BCUT2D eigenvalue weighted by Crippen LogP contribution is -2.31. The minimum absolute atomic E-state index is 0.459. The molecule has 0 amide bonds. The third-order valence-corrected chi connectivity index (χ3v) is 2.40. The van der Waals surface area contributed by atoms with Gasteiger partial charge in [-0.3, -0.25) is 0 Å². The second kappa shape index (κ2) is 6.65. The molecule has 0 rings (SSSR count). The summed E-state index contributed by atoms with van der Waals surface area (Å²) in [6.45, 7) is 2.13. The lowest BCUT2D eigenvalue weighted by Gasteiger charge is -2.09. The van der Waals surface area contributed by atoms with Crippen LogP contribution in [-0.2, 0) is 4.79 Å². The number of halogens is 1. The van der Waals surface area contributed by atoms with Crippen molar-refractivity contribution in [1.82, 2.24) is 0 Å². The molecule has 0 aliphatic rings. The Kier molecular flexibility index (Phi) is 6.62. The Morgan fingerprint density at radius 2 is 2.09 bits per heavy atom. The standard InChI is InChI=1S/C8H15BrO2/c1-2-3-4-5-6-7(9)8(10)11/h7H,2-6H2,1H3,(H,10,11)/p-1. The molecule has 2 nitrogen and oxygen atoms in total. The lowest BCUT2D eigenvalue weighted by atomic mass is 10.1. The molecule has 0 aliphatic carbocycles. The molecule has 0 aliphatic heterocycles. The second-order valence-corrected chi connectivity index (χ2v) is 3.74. The molecule has 11 heavy (non-hydrogen) atoms. The van der Waals surface area contributed by atoms with Crippen LogP contribution in [0.1, 0.15) is 39.0 Å². The number of aliphatic carboxylic acids is 1. The third-order valence-electron chi connectivity index (χ3n) is 1.57. The fraction of sp³-hybridized carbons (Fsp3) is 0.875. The zero-order valence-electron chi connectivity index (χ0n) is 6.81. The van der Waals surface area contributed by atoms with Gasteiger partial charge in [0.25, 0.3) is 0 Å². The maximum Gasteiger partial charge on any atom is 0.0551 e. The van der Waals surface area contributed by atoms with Gasteiger partial charge in [0.1, 0.15) is 0 Å². The molecule has 3 heteroatoms. The molecule has 1 unspecified atom stereocenters. The number of carboxylic acids is 1. The van der Waals surface area contributed by atoms with Crippen LogP contribution >= 0.6 is 15.9 Å². The van der Waals surface area contributed by atoms with E-state index >= 15 is 0 Å². The number of hydrogen-bond acceptors (Lipinski definition) is 2. The predicted octanol–water partition coefficient (Wildman–Crippen LogP) is 1.47. The van der Waals surface area contributed by atoms with E-state index in [2.05, 4.69) is 22.9 Å². The van der Waals surface area contributed by atoms with E-state index in [0.717, 1.165) is 12.8 Å². The first kappa shape index (κ1) is 11.0. The van der Waals surface area contributed by atoms with Crippen molar-refractivity contribution in [1.29, 1.82) is 0 Å². The van der Waals surface area contributed by atoms with Gasteiger partial charge in [-0.05, 0) is 6.42 Å². The number of carbonyl (C=O) groups excluding carboxylic acids is 1. The maximum absolute atomic E-state index is 10.2. The van der Waals surface area contributed by atoms with Crippen molar-refractivity contribution >= 4 is 21.9 Å². The highest BCUT2D eigenvalue weighted by molar-refractivity contribution is 9.10. The number of unbranched alkanes of at least 4 members (excludes halogenated alkanes) is 3. The van der Waals surface area contributed by atoms with Gasteiger partial charge in [-0.2, -0.15) is 0 Å². The van der Waals surface area contributed by atoms with Gasteiger partial charge in [0.2, 0.25) is 0 Å². The van der Waals surface area contributed by atoms with Crippen molar-refractivity contribution in [3.8, 4) is 0 Å². The van der Waals surface area contributed by atoms with Gasteiger partial charge in [-0.25, -0.2) is 0 Å². The number of carboxylic acid groups (broad SMARTS) is 1. The highest BCUT2D eigenvalue weighted by atomic mass is 79.9. The molecule has 0 aromatic heterocycles. The van der Waals surface area contributed by atoms with Crippen molar-refractivity contribution in [2.24, 2.45) is 0 Å². The molecule has 0 heterocycles. The minimum atomic E-state index is -0.999. The summed E-state index contributed by atoms with van der Waals surface area (Å²) in [7, 11) is 0. The monoisotopic (exact) mass is 221 g/mol. The molecule has 0 spiro atoms. The molecular formula is C8H14BrO2-. The summed E-state index contributed by atoms with van der Waals surface area (Å²) in [4.78, 5) is 9.75. The molecule has 0 N–H and O–H groups in total. The smallest absolute Gasteiger partial charge is 0.0551 e. The average Bonchev–Trinajstić information content (AvgIpc) is 1.97. The first-order chi connectivity index (χ1) is 5.18. The first-order valence-corrected chi connectivity index (χ1v) is 4.95. The van der Waals surface area contributed by atoms with Gasteiger partial charge >= 0.3 is 0 Å². The summed E-state index contributed by atoms with van der Waals surface area (Å²) in [5.74, 6) is -0.999. The summed E-state index contributed by atoms with van der Waals surface area (Å²) < 4.78 is 0. The van der Waals surface area contributed by atoms with Gasteiger partial charge < -0.3 is 9.90 Å². The molecule has 0 radical (unpaired) electrons. The zero-order chi connectivity index (χ0) is 8.69. The molecule has 0 aromatic rings. The van der Waals surface area contributed by atoms with Crippen LogP contribution < -0.4 is 5.11 Å². The van der Waals surface area contributed by atoms with Crippen LogP contribution in [0.15, 0.2) is 0 Å². The molecule has 0 saturated heterocycles. The van der Waals surface area contributed by atoms with Crippen molar-refractivity contribution in [2.75, 3.05) is 0 Å². The Balaban J connectivity index is 3.17. The van der Waals surface area contributed by atoms with Gasteiger partial charge in [0, 0.05) is 0 Å². The van der Waals surface area contributed by atoms with Crippen LogP contribution in [-0.4, -0.2) is 10.8 Å². The Labute approximate surface area is 76.1 Å². The fourth-order valence-electron chi connectivity index (χ4n) is 0.868. The topological polar surface area (TPSA) is 40.1 Å². The van der Waals surface area contributed by atoms with E-state index in [-0.39, 0.29) is 0 Å². The Morgan fingerprint density at radius 1 is 1.45 bits per heavy atom. The van der Waals surface area contributed by atoms with Crippen molar-refractivity contribution < 1.29 is 9.90 Å². The van der Waals surface area contributed by atoms with E-state index < -0.39 is 10.8 Å². The van der Waals surface area contributed by atoms with Crippen LogP contribution in [0.25, 0.3) is 0 Å². The molecule has 0 bridgehead atoms. The van der Waals surface area contributed by atoms with Crippen molar-refractivity contribution in [3.63, 3.8) is 0 Å². The quantitative estimate of drug-likeness (QED) is 0.504. The number of hydrogen-bond donors (Lipinski definition) is 0. The van der Waals surface area contributed by atoms with Crippen LogP contribution in [0.2, 0.25) is 0 Å². The Hall–Kier alpha value is -0.0500. The molecular weight excluding hydrogens is 208 g/mol. The van der Waals surface area contributed by atoms with E-state index in [1.165, 1.54) is 12.8 Å². The van der Waals surface area contributed by atoms with Gasteiger partial charge in [-0.15, -0.1) is 0 Å². The minimum Gasteiger partial charge on any atom is -0.549 e. The predicted molar refractivity (Wildman–Crippen MR) is 46.5 cm³/mol. The molecule has 0 aromatic carbocycles. The van der Waals surface area contributed by atoms with Crippen LogP contribution in [0.4, 0.5) is 0 Å². The second-order valence-electron chi connectivity index (χ2n) is 2.64. The van der Waals surface area contributed by atoms with Crippen LogP contribution in [0.3, 0.4) is 0 Å². The highest BCUT2D eigenvalue weighted by Gasteiger charge is 2.02. The summed E-state index contributed by atoms with van der Waals surface area (Å²) in [5, 5.41) is 10.2. The van der Waals surface area contributed by atoms with Crippen molar-refractivity contribution in [3.05, 3.63) is 0 Å². The lowest BCUT2D eigenvalue weighted by molar-refractivity contribution is -0.304. The average molecular weight is 222 g/mol. The summed E-state index contributed by atoms with van der Waals surface area (Å²) in [6.07, 6.45) is 5.14. The summed E-state index contributed by atoms with van der Waals surface area (Å²) >= 11 is 3.03. The summed E-state index contributed by atoms with van der Waals surface area (Å²) in [6, 6.07) is 0. The maximum atomic E-state index is 10.2. The highest BCUT2D eigenvalue weighted by Crippen LogP contribution is 2.10. The number of rotatable bonds is 6. The zero-order valence-corrected chi connectivity index (χ0v) is 8.39. The SMILES string of the molecule is CCCCCCC(Br)C(=O)[O-]. The molecule has 1 atom stereocenters. The molecule has 0 fully saturated rings. The van der Waals surface area contributed by atoms with E-state index in [1.807, 2.05) is 0 Å². The van der Waals surface area contributed by atoms with Crippen LogP contribution in [0.5, 0.6) is 0 Å².